The number of ether oxygens (including phenoxy) is 2. The molecular formula is C20H22N4O5. The van der Waals surface area contributed by atoms with Crippen LogP contribution in [0.15, 0.2) is 35.3 Å². The number of amides is 1. The molecule has 0 fully saturated rings. The van der Waals surface area contributed by atoms with Crippen LogP contribution in [0.25, 0.3) is 0 Å². The average molecular weight is 398 g/mol. The molecule has 0 aliphatic rings. The van der Waals surface area contributed by atoms with Gasteiger partial charge < -0.3 is 20.2 Å². The summed E-state index contributed by atoms with van der Waals surface area (Å²) in [6.07, 6.45) is 0.444. The topological polar surface area (TPSA) is 148 Å². The van der Waals surface area contributed by atoms with E-state index in [1.54, 1.807) is 6.92 Å². The van der Waals surface area contributed by atoms with Gasteiger partial charge in [0.2, 0.25) is 5.90 Å². The number of carbonyl (C=O) groups excluding carboxylic acids is 3. The molecule has 29 heavy (non-hydrogen) atoms. The number of amidine groups is 1. The number of H-pyrrole nitrogens is 1. The van der Waals surface area contributed by atoms with Gasteiger partial charge in [-0.2, -0.15) is 4.99 Å². The molecule has 0 saturated carbocycles. The van der Waals surface area contributed by atoms with E-state index < -0.39 is 24.3 Å². The van der Waals surface area contributed by atoms with Gasteiger partial charge in [0, 0.05) is 12.1 Å². The summed E-state index contributed by atoms with van der Waals surface area (Å²) in [5, 5.41) is 7.63. The zero-order valence-electron chi connectivity index (χ0n) is 16.4. The van der Waals surface area contributed by atoms with Crippen LogP contribution in [0.3, 0.4) is 0 Å². The number of carbonyl (C=O) groups is 3. The number of aliphatic imine (C=N–C) groups is 1. The molecule has 1 aromatic heterocycles. The van der Waals surface area contributed by atoms with Gasteiger partial charge in [0.05, 0.1) is 12.7 Å². The maximum atomic E-state index is 12.5. The molecule has 1 amide bonds. The molecule has 0 spiro atoms. The molecule has 2 rings (SSSR count). The molecule has 0 radical (unpaired) electrons. The van der Waals surface area contributed by atoms with Crippen LogP contribution in [0.5, 0.6) is 0 Å². The van der Waals surface area contributed by atoms with Gasteiger partial charge in [-0.3, -0.25) is 15.0 Å². The van der Waals surface area contributed by atoms with Crippen molar-refractivity contribution in [2.75, 3.05) is 13.7 Å². The molecule has 0 unspecified atom stereocenters. The first-order chi connectivity index (χ1) is 13.7. The molecule has 9 heteroatoms. The van der Waals surface area contributed by atoms with Crippen molar-refractivity contribution in [2.24, 2.45) is 10.7 Å². The Balaban J connectivity index is 2.57. The van der Waals surface area contributed by atoms with Gasteiger partial charge in [-0.1, -0.05) is 30.3 Å². The number of esters is 1. The van der Waals surface area contributed by atoms with E-state index in [2.05, 4.69) is 14.7 Å². The van der Waals surface area contributed by atoms with Crippen LogP contribution in [0.1, 0.15) is 39.8 Å². The lowest BCUT2D eigenvalue weighted by atomic mass is 10.0. The predicted molar refractivity (Wildman–Crippen MR) is 106 cm³/mol. The summed E-state index contributed by atoms with van der Waals surface area (Å²) in [7, 11) is 1.20. The van der Waals surface area contributed by atoms with Crippen molar-refractivity contribution in [3.8, 4) is 0 Å². The minimum absolute atomic E-state index is 0.00621. The van der Waals surface area contributed by atoms with Gasteiger partial charge in [-0.05, 0) is 25.0 Å². The zero-order chi connectivity index (χ0) is 21.6. The van der Waals surface area contributed by atoms with Crippen LogP contribution >= 0.6 is 0 Å². The van der Waals surface area contributed by atoms with E-state index in [-0.39, 0.29) is 23.0 Å². The first-order valence-electron chi connectivity index (χ1n) is 8.67. The van der Waals surface area contributed by atoms with Crippen LogP contribution in [-0.2, 0) is 25.5 Å². The van der Waals surface area contributed by atoms with Crippen molar-refractivity contribution in [3.63, 3.8) is 0 Å². The Labute approximate surface area is 167 Å². The van der Waals surface area contributed by atoms with Crippen LogP contribution in [-0.4, -0.2) is 48.1 Å². The van der Waals surface area contributed by atoms with Gasteiger partial charge in [-0.15, -0.1) is 0 Å². The lowest BCUT2D eigenvalue weighted by molar-refractivity contribution is -0.143. The molecule has 1 aromatic carbocycles. The van der Waals surface area contributed by atoms with Crippen molar-refractivity contribution in [2.45, 2.75) is 20.3 Å². The summed E-state index contributed by atoms with van der Waals surface area (Å²) in [5.74, 6) is -3.05. The Morgan fingerprint density at radius 3 is 2.41 bits per heavy atom. The number of rotatable bonds is 7. The van der Waals surface area contributed by atoms with Crippen LogP contribution in [0.2, 0.25) is 0 Å². The fourth-order valence-electron chi connectivity index (χ4n) is 2.69. The molecule has 0 aliphatic heterocycles. The van der Waals surface area contributed by atoms with E-state index in [9.17, 15) is 14.4 Å². The number of primary amides is 1. The van der Waals surface area contributed by atoms with E-state index in [1.807, 2.05) is 30.3 Å². The molecule has 0 bridgehead atoms. The van der Waals surface area contributed by atoms with Crippen molar-refractivity contribution in [1.29, 1.82) is 5.41 Å². The van der Waals surface area contributed by atoms with Gasteiger partial charge in [0.25, 0.3) is 11.7 Å². The predicted octanol–water partition coefficient (Wildman–Crippen LogP) is 1.52. The standard InChI is InChI=1S/C20H22N4O5/c1-11-14(9-13-7-5-4-6-8-13)24-17(16(11)18(26)19(22)27)20(23-12(2)21)29-10-15(25)28-3/h4-8,21,24H,9-10H2,1-3H3,(H2,22,27). The minimum atomic E-state index is -1.14. The van der Waals surface area contributed by atoms with Crippen molar-refractivity contribution in [3.05, 3.63) is 58.4 Å². The number of aromatic amines is 1. The van der Waals surface area contributed by atoms with E-state index in [0.29, 0.717) is 17.7 Å². The second-order valence-corrected chi connectivity index (χ2v) is 6.20. The number of ketones is 1. The summed E-state index contributed by atoms with van der Waals surface area (Å²) >= 11 is 0. The summed E-state index contributed by atoms with van der Waals surface area (Å²) in [5.41, 5.74) is 7.41. The second kappa shape index (κ2) is 9.45. The quantitative estimate of drug-likeness (QED) is 0.213. The normalized spacial score (nSPS) is 11.1. The number of hydrogen-bond donors (Lipinski definition) is 3. The Kier molecular flexibility index (Phi) is 7.02. The minimum Gasteiger partial charge on any atom is -0.466 e. The highest BCUT2D eigenvalue weighted by molar-refractivity contribution is 6.44. The summed E-state index contributed by atoms with van der Waals surface area (Å²) in [4.78, 5) is 42.5. The van der Waals surface area contributed by atoms with Crippen molar-refractivity contribution >= 4 is 29.4 Å². The van der Waals surface area contributed by atoms with Crippen molar-refractivity contribution < 1.29 is 23.9 Å². The molecule has 1 heterocycles. The van der Waals surface area contributed by atoms with Crippen LogP contribution < -0.4 is 5.73 Å². The third-order valence-electron chi connectivity index (χ3n) is 4.07. The van der Waals surface area contributed by atoms with Crippen molar-refractivity contribution in [1.82, 2.24) is 4.98 Å². The Morgan fingerprint density at radius 2 is 1.86 bits per heavy atom. The number of nitrogens with two attached hydrogens (primary N) is 1. The SMILES string of the molecule is COC(=O)COC(=NC(C)=N)c1[nH]c(Cc2ccccc2)c(C)c1C(=O)C(N)=O. The summed E-state index contributed by atoms with van der Waals surface area (Å²) < 4.78 is 9.92. The number of Topliss-reactive ketones (excluding diaryl/α,β-unsaturated/α-hetero) is 1. The number of methoxy groups -OCH3 is 1. The maximum absolute atomic E-state index is 12.5. The lowest BCUT2D eigenvalue weighted by Gasteiger charge is -2.09. The number of nitrogens with one attached hydrogen (secondary N) is 2. The second-order valence-electron chi connectivity index (χ2n) is 6.20. The Morgan fingerprint density at radius 1 is 1.21 bits per heavy atom. The molecule has 152 valence electrons. The molecule has 2 aromatic rings. The summed E-state index contributed by atoms with van der Waals surface area (Å²) in [6, 6.07) is 9.49. The van der Waals surface area contributed by atoms with Crippen LogP contribution in [0, 0.1) is 12.3 Å². The fourth-order valence-corrected chi connectivity index (χ4v) is 2.69. The molecule has 9 nitrogen and oxygen atoms in total. The first kappa shape index (κ1) is 21.5. The van der Waals surface area contributed by atoms with Crippen LogP contribution in [0.4, 0.5) is 0 Å². The van der Waals surface area contributed by atoms with E-state index in [4.69, 9.17) is 15.9 Å². The number of benzene rings is 1. The Hall–Kier alpha value is -3.75. The average Bonchev–Trinajstić information content (AvgIpc) is 3.00. The van der Waals surface area contributed by atoms with Gasteiger partial charge in [-0.25, -0.2) is 4.79 Å². The highest BCUT2D eigenvalue weighted by Crippen LogP contribution is 2.23. The van der Waals surface area contributed by atoms with E-state index in [0.717, 1.165) is 5.56 Å². The zero-order valence-corrected chi connectivity index (χ0v) is 16.4. The fraction of sp³-hybridized carbons (Fsp3) is 0.250. The molecular weight excluding hydrogens is 376 g/mol. The number of aromatic nitrogens is 1. The molecule has 4 N–H and O–H groups in total. The van der Waals surface area contributed by atoms with E-state index in [1.165, 1.54) is 14.0 Å². The van der Waals surface area contributed by atoms with Gasteiger partial charge in [0.15, 0.2) is 6.61 Å². The van der Waals surface area contributed by atoms with E-state index >= 15 is 0 Å². The molecule has 0 aliphatic carbocycles. The summed E-state index contributed by atoms with van der Waals surface area (Å²) in [6.45, 7) is 2.58. The monoisotopic (exact) mass is 398 g/mol. The number of nitrogens with zero attached hydrogens (tertiary/aromatic N) is 1. The van der Waals surface area contributed by atoms with Gasteiger partial charge >= 0.3 is 5.97 Å². The van der Waals surface area contributed by atoms with Gasteiger partial charge in [0.1, 0.15) is 11.5 Å². The highest BCUT2D eigenvalue weighted by Gasteiger charge is 2.28. The smallest absolute Gasteiger partial charge is 0.343 e. The molecule has 0 atom stereocenters. The highest BCUT2D eigenvalue weighted by atomic mass is 16.6. The maximum Gasteiger partial charge on any atom is 0.343 e. The Bertz CT molecular complexity index is 976. The number of hydrogen-bond acceptors (Lipinski definition) is 6. The molecule has 0 saturated heterocycles. The first-order valence-corrected chi connectivity index (χ1v) is 8.67. The third-order valence-corrected chi connectivity index (χ3v) is 4.07. The lowest BCUT2D eigenvalue weighted by Crippen LogP contribution is -2.26. The third kappa shape index (κ3) is 5.38. The largest absolute Gasteiger partial charge is 0.466 e.